The molecule has 2 aliphatic rings. The highest BCUT2D eigenvalue weighted by molar-refractivity contribution is 7.91. The van der Waals surface area contributed by atoms with Gasteiger partial charge in [0.05, 0.1) is 17.2 Å². The molecule has 1 unspecified atom stereocenters. The van der Waals surface area contributed by atoms with Gasteiger partial charge in [-0.1, -0.05) is 30.4 Å². The number of benzene rings is 2. The van der Waals surface area contributed by atoms with Crippen LogP contribution in [0.2, 0.25) is 0 Å². The van der Waals surface area contributed by atoms with Crippen LogP contribution >= 0.6 is 0 Å². The molecule has 0 bridgehead atoms. The summed E-state index contributed by atoms with van der Waals surface area (Å²) in [5.41, 5.74) is 6.54. The summed E-state index contributed by atoms with van der Waals surface area (Å²) in [4.78, 5) is 15.2. The number of urea groups is 1. The van der Waals surface area contributed by atoms with Crippen LogP contribution in [0.4, 0.5) is 10.5 Å². The molecule has 4 rings (SSSR count). The monoisotopic (exact) mass is 454 g/mol. The first-order chi connectivity index (χ1) is 15.4. The lowest BCUT2D eigenvalue weighted by Crippen LogP contribution is -2.22. The fourth-order valence-electron chi connectivity index (χ4n) is 4.37. The maximum absolute atomic E-state index is 13.0. The molecule has 2 aliphatic carbocycles. The molecular weight excluding hydrogens is 424 g/mol. The maximum atomic E-state index is 13.0. The molecule has 2 amide bonds. The standard InChI is InChI=1S/C24H30N4O3S/c1-28(13-14-31-2)16-17-9-11-20(12-10-17)32(25,30)27-24(29)26-23-21-7-3-5-18(21)15-19-6-4-8-22(19)23/h3,5,9-12,15H,4,6-8,13-14,16H2,1-2H3,(H3,25,26,27,29,30). The van der Waals surface area contributed by atoms with E-state index in [1.165, 1.54) is 11.1 Å². The molecule has 8 heteroatoms. The topological polar surface area (TPSA) is 97.0 Å². The molecule has 1 atom stereocenters. The third-order valence-electron chi connectivity index (χ3n) is 6.00. The van der Waals surface area contributed by atoms with E-state index in [4.69, 9.17) is 9.88 Å². The SMILES string of the molecule is COCCN(C)Cc1ccc(S(N)(=O)=NC(=O)Nc2c3c(cc4c2CCC4)C=CC3)cc1. The second-order valence-electron chi connectivity index (χ2n) is 8.38. The maximum Gasteiger partial charge on any atom is 0.354 e. The third kappa shape index (κ3) is 4.94. The zero-order valence-electron chi connectivity index (χ0n) is 18.6. The minimum Gasteiger partial charge on any atom is -0.383 e. The largest absolute Gasteiger partial charge is 0.383 e. The Morgan fingerprint density at radius 1 is 1.25 bits per heavy atom. The van der Waals surface area contributed by atoms with Crippen molar-refractivity contribution in [3.8, 4) is 0 Å². The summed E-state index contributed by atoms with van der Waals surface area (Å²) in [6.45, 7) is 2.19. The highest BCUT2D eigenvalue weighted by Gasteiger charge is 2.23. The van der Waals surface area contributed by atoms with E-state index in [-0.39, 0.29) is 0 Å². The van der Waals surface area contributed by atoms with Crippen LogP contribution in [0.25, 0.3) is 6.08 Å². The highest BCUT2D eigenvalue weighted by atomic mass is 32.2. The summed E-state index contributed by atoms with van der Waals surface area (Å²) in [5, 5.41) is 8.90. The van der Waals surface area contributed by atoms with Crippen LogP contribution in [0.3, 0.4) is 0 Å². The summed E-state index contributed by atoms with van der Waals surface area (Å²) < 4.78 is 22.0. The number of rotatable bonds is 7. The Balaban J connectivity index is 1.51. The molecule has 7 nitrogen and oxygen atoms in total. The second-order valence-corrected chi connectivity index (χ2v) is 10.2. The molecule has 0 radical (unpaired) electrons. The van der Waals surface area contributed by atoms with Gasteiger partial charge in [0, 0.05) is 20.2 Å². The van der Waals surface area contributed by atoms with Gasteiger partial charge >= 0.3 is 6.03 Å². The van der Waals surface area contributed by atoms with Crippen LogP contribution < -0.4 is 10.5 Å². The number of amides is 2. The Morgan fingerprint density at radius 2 is 2.03 bits per heavy atom. The van der Waals surface area contributed by atoms with E-state index in [1.54, 1.807) is 19.2 Å². The number of hydrogen-bond acceptors (Lipinski definition) is 4. The summed E-state index contributed by atoms with van der Waals surface area (Å²) in [6, 6.07) is 8.63. The smallest absolute Gasteiger partial charge is 0.354 e. The minimum absolute atomic E-state index is 0.334. The molecule has 0 heterocycles. The molecule has 170 valence electrons. The third-order valence-corrected chi connectivity index (χ3v) is 7.39. The van der Waals surface area contributed by atoms with Crippen molar-refractivity contribution in [2.45, 2.75) is 37.1 Å². The van der Waals surface area contributed by atoms with Gasteiger partial charge < -0.3 is 10.1 Å². The lowest BCUT2D eigenvalue weighted by atomic mass is 9.98. The number of anilines is 1. The average molecular weight is 455 g/mol. The fourth-order valence-corrected chi connectivity index (χ4v) is 5.29. The van der Waals surface area contributed by atoms with Gasteiger partial charge in [-0.25, -0.2) is 14.1 Å². The number of carbonyl (C=O) groups excluding carboxylic acids is 1. The van der Waals surface area contributed by atoms with Gasteiger partial charge in [-0.15, -0.1) is 4.36 Å². The number of fused-ring (bicyclic) bond motifs is 2. The number of nitrogens with zero attached hydrogens (tertiary/aromatic N) is 2. The Bertz CT molecular complexity index is 1160. The molecular formula is C24H30N4O3S. The summed E-state index contributed by atoms with van der Waals surface area (Å²) in [5.74, 6) is 0. The van der Waals surface area contributed by atoms with Crippen molar-refractivity contribution in [2.75, 3.05) is 32.6 Å². The minimum atomic E-state index is -3.35. The van der Waals surface area contributed by atoms with Crippen LogP contribution in [-0.2, 0) is 40.5 Å². The van der Waals surface area contributed by atoms with Gasteiger partial charge in [0.2, 0.25) is 0 Å². The van der Waals surface area contributed by atoms with Crippen molar-refractivity contribution in [2.24, 2.45) is 9.50 Å². The molecule has 0 fully saturated rings. The van der Waals surface area contributed by atoms with Gasteiger partial charge in [0.1, 0.15) is 9.92 Å². The van der Waals surface area contributed by atoms with E-state index in [0.717, 1.165) is 61.2 Å². The van der Waals surface area contributed by atoms with E-state index in [9.17, 15) is 9.00 Å². The predicted molar refractivity (Wildman–Crippen MR) is 128 cm³/mol. The van der Waals surface area contributed by atoms with Crippen LogP contribution in [0.15, 0.2) is 45.7 Å². The first-order valence-corrected chi connectivity index (χ1v) is 12.4. The number of nitrogens with one attached hydrogen (secondary N) is 1. The highest BCUT2D eigenvalue weighted by Crippen LogP contribution is 2.37. The summed E-state index contributed by atoms with van der Waals surface area (Å²) in [6.07, 6.45) is 7.96. The van der Waals surface area contributed by atoms with Crippen molar-refractivity contribution < 1.29 is 13.7 Å². The number of carbonyl (C=O) groups is 1. The van der Waals surface area contributed by atoms with E-state index in [0.29, 0.717) is 11.5 Å². The molecule has 0 saturated heterocycles. The van der Waals surface area contributed by atoms with E-state index in [1.807, 2.05) is 19.2 Å². The van der Waals surface area contributed by atoms with E-state index < -0.39 is 15.9 Å². The Labute approximate surface area is 190 Å². The first-order valence-electron chi connectivity index (χ1n) is 10.8. The van der Waals surface area contributed by atoms with Crippen LogP contribution in [0.5, 0.6) is 0 Å². The van der Waals surface area contributed by atoms with Crippen molar-refractivity contribution >= 4 is 27.7 Å². The Kier molecular flexibility index (Phi) is 6.76. The number of likely N-dealkylation sites (N-methyl/N-ethyl adjacent to an activating group) is 1. The number of allylic oxidation sites excluding steroid dienone is 1. The van der Waals surface area contributed by atoms with Crippen molar-refractivity contribution in [3.63, 3.8) is 0 Å². The van der Waals surface area contributed by atoms with Crippen molar-refractivity contribution in [1.82, 2.24) is 4.90 Å². The molecule has 0 aromatic heterocycles. The predicted octanol–water partition coefficient (Wildman–Crippen LogP) is 3.76. The first kappa shape index (κ1) is 22.7. The summed E-state index contributed by atoms with van der Waals surface area (Å²) >= 11 is 0. The molecule has 0 spiro atoms. The molecule has 0 aliphatic heterocycles. The Hall–Kier alpha value is -2.52. The number of hydrogen-bond donors (Lipinski definition) is 2. The number of nitrogens with two attached hydrogens (primary N) is 1. The normalized spacial score (nSPS) is 16.0. The lowest BCUT2D eigenvalue weighted by molar-refractivity contribution is 0.158. The van der Waals surface area contributed by atoms with Crippen molar-refractivity contribution in [3.05, 3.63) is 64.2 Å². The molecule has 0 saturated carbocycles. The molecule has 2 aromatic rings. The zero-order valence-corrected chi connectivity index (χ0v) is 19.4. The van der Waals surface area contributed by atoms with Gasteiger partial charge in [-0.2, -0.15) is 0 Å². The van der Waals surface area contributed by atoms with Gasteiger partial charge in [-0.05, 0) is 72.7 Å². The molecule has 2 aromatic carbocycles. The van der Waals surface area contributed by atoms with Gasteiger partial charge in [-0.3, -0.25) is 4.90 Å². The quantitative estimate of drug-likeness (QED) is 0.666. The average Bonchev–Trinajstić information content (AvgIpc) is 3.41. The number of aryl methyl sites for hydroxylation is 1. The number of ether oxygens (including phenoxy) is 1. The van der Waals surface area contributed by atoms with Crippen LogP contribution in [0, 0.1) is 0 Å². The Morgan fingerprint density at radius 3 is 2.78 bits per heavy atom. The second kappa shape index (κ2) is 9.54. The fraction of sp³-hybridized carbons (Fsp3) is 0.375. The lowest BCUT2D eigenvalue weighted by Gasteiger charge is -2.16. The van der Waals surface area contributed by atoms with Crippen molar-refractivity contribution in [1.29, 1.82) is 0 Å². The van der Waals surface area contributed by atoms with E-state index >= 15 is 0 Å². The number of methoxy groups -OCH3 is 1. The van der Waals surface area contributed by atoms with Crippen LogP contribution in [0.1, 0.15) is 34.2 Å². The van der Waals surface area contributed by atoms with E-state index in [2.05, 4.69) is 32.8 Å². The zero-order chi connectivity index (χ0) is 22.7. The molecule has 32 heavy (non-hydrogen) atoms. The van der Waals surface area contributed by atoms with Gasteiger partial charge in [0.15, 0.2) is 0 Å². The van der Waals surface area contributed by atoms with Gasteiger partial charge in [0.25, 0.3) is 0 Å². The van der Waals surface area contributed by atoms with Crippen LogP contribution in [-0.4, -0.2) is 42.4 Å². The molecule has 3 N–H and O–H groups in total. The summed E-state index contributed by atoms with van der Waals surface area (Å²) in [7, 11) is 0.328.